The van der Waals surface area contributed by atoms with E-state index >= 15 is 4.79 Å². The lowest BCUT2D eigenvalue weighted by Crippen LogP contribution is -2.55. The minimum Gasteiger partial charge on any atom is -0.457 e. The number of ketones is 1. The monoisotopic (exact) mass is 801 g/mol. The number of aromatic nitrogens is 1. The molecule has 1 aromatic heterocycles. The van der Waals surface area contributed by atoms with Crippen molar-refractivity contribution in [2.24, 2.45) is 17.3 Å². The average Bonchev–Trinajstić information content (AvgIpc) is 3.46. The summed E-state index contributed by atoms with van der Waals surface area (Å²) in [5.74, 6) is -0.682. The van der Waals surface area contributed by atoms with Gasteiger partial charge in [-0.3, -0.25) is 9.59 Å². The molecule has 0 unspecified atom stereocenters. The van der Waals surface area contributed by atoms with Crippen LogP contribution in [0.4, 0.5) is 0 Å². The van der Waals surface area contributed by atoms with Crippen LogP contribution in [0.5, 0.6) is 0 Å². The smallest absolute Gasteiger partial charge is 0.309 e. The fraction of sp³-hybridized carbons (Fsp3) is 0.705. The van der Waals surface area contributed by atoms with Crippen molar-refractivity contribution in [3.05, 3.63) is 58.6 Å². The molecule has 10 heteroatoms. The van der Waals surface area contributed by atoms with Crippen molar-refractivity contribution in [3.63, 3.8) is 0 Å². The second kappa shape index (κ2) is 20.0. The van der Waals surface area contributed by atoms with Gasteiger partial charge in [-0.1, -0.05) is 73.6 Å². The predicted octanol–water partition coefficient (Wildman–Crippen LogP) is 12.1. The molecule has 0 spiro atoms. The number of thiazole rings is 1. The molecule has 2 heterocycles. The maximum absolute atomic E-state index is 15.3. The Morgan fingerprint density at radius 1 is 1.04 bits per heavy atom. The molecule has 0 saturated heterocycles. The first-order valence-electron chi connectivity index (χ1n) is 20.0. The number of nitrogens with zero attached hydrogens (tertiary/aromatic N) is 1. The topological polar surface area (TPSA) is 84.0 Å². The summed E-state index contributed by atoms with van der Waals surface area (Å²) in [4.78, 5) is 34.3. The van der Waals surface area contributed by atoms with Gasteiger partial charge in [0, 0.05) is 17.7 Å². The third-order valence-electron chi connectivity index (χ3n) is 12.2. The Morgan fingerprint density at radius 3 is 2.19 bits per heavy atom. The van der Waals surface area contributed by atoms with Gasteiger partial charge < -0.3 is 18.3 Å². The first-order valence-corrected chi connectivity index (χ1v) is 26.7. The van der Waals surface area contributed by atoms with Crippen molar-refractivity contribution in [1.82, 2.24) is 4.98 Å². The number of carbonyl (C=O) groups excluding carboxylic acids is 2. The lowest BCUT2D eigenvalue weighted by molar-refractivity contribution is -0.154. The molecule has 0 aromatic carbocycles. The van der Waals surface area contributed by atoms with Gasteiger partial charge in [0.25, 0.3) is 0 Å². The van der Waals surface area contributed by atoms with Crippen LogP contribution in [0.3, 0.4) is 0 Å². The minimum absolute atomic E-state index is 0.0350. The Kier molecular flexibility index (Phi) is 17.8. The van der Waals surface area contributed by atoms with E-state index in [0.717, 1.165) is 41.1 Å². The summed E-state index contributed by atoms with van der Waals surface area (Å²) in [7, 11) is -4.77. The second-order valence-electron chi connectivity index (χ2n) is 18.9. The normalized spacial score (nSPS) is 27.6. The van der Waals surface area contributed by atoms with E-state index in [-0.39, 0.29) is 34.3 Å². The molecule has 7 nitrogen and oxygen atoms in total. The van der Waals surface area contributed by atoms with Crippen LogP contribution >= 0.6 is 11.3 Å². The highest BCUT2D eigenvalue weighted by Gasteiger charge is 2.51. The van der Waals surface area contributed by atoms with Crippen LogP contribution in [-0.4, -0.2) is 64.9 Å². The lowest BCUT2D eigenvalue weighted by atomic mass is 9.69. The summed E-state index contributed by atoms with van der Waals surface area (Å²) in [6, 6.07) is 0. The molecule has 1 aromatic rings. The van der Waals surface area contributed by atoms with Gasteiger partial charge in [0.1, 0.15) is 11.9 Å². The van der Waals surface area contributed by atoms with Crippen molar-refractivity contribution in [3.8, 4) is 0 Å². The van der Waals surface area contributed by atoms with Gasteiger partial charge in [-0.25, -0.2) is 4.98 Å². The number of ether oxygens (including phenoxy) is 2. The number of cyclic esters (lactones) is 1. The summed E-state index contributed by atoms with van der Waals surface area (Å²) in [5.41, 5.74) is 1.85. The molecule has 0 N–H and O–H groups in total. The number of aryl methyl sites for hydroxylation is 1. The van der Waals surface area contributed by atoms with E-state index in [1.165, 1.54) is 0 Å². The van der Waals surface area contributed by atoms with Crippen LogP contribution < -0.4 is 0 Å². The molecule has 2 rings (SSSR count). The van der Waals surface area contributed by atoms with Crippen LogP contribution in [0.1, 0.15) is 118 Å². The van der Waals surface area contributed by atoms with E-state index in [9.17, 15) is 4.79 Å². The van der Waals surface area contributed by atoms with E-state index in [4.69, 9.17) is 18.3 Å². The number of rotatable bonds is 12. The molecule has 1 aliphatic heterocycles. The molecule has 0 fully saturated rings. The van der Waals surface area contributed by atoms with Gasteiger partial charge in [-0.15, -0.1) is 24.5 Å². The zero-order chi connectivity index (χ0) is 41.3. The summed E-state index contributed by atoms with van der Waals surface area (Å²) in [6.45, 7) is 41.2. The van der Waals surface area contributed by atoms with E-state index in [1.807, 2.05) is 39.2 Å². The number of hydrogen-bond acceptors (Lipinski definition) is 8. The number of hydrogen-bond donors (Lipinski definition) is 0. The molecule has 1 aliphatic rings. The predicted molar refractivity (Wildman–Crippen MR) is 233 cm³/mol. The van der Waals surface area contributed by atoms with E-state index in [2.05, 4.69) is 98.9 Å². The minimum atomic E-state index is -2.49. The Bertz CT molecular complexity index is 1480. The molecule has 0 aliphatic carbocycles. The summed E-state index contributed by atoms with van der Waals surface area (Å²) in [6.07, 6.45) is 9.61. The third kappa shape index (κ3) is 13.3. The van der Waals surface area contributed by atoms with Crippen molar-refractivity contribution >= 4 is 45.8 Å². The van der Waals surface area contributed by atoms with Crippen LogP contribution in [-0.2, 0) is 27.9 Å². The van der Waals surface area contributed by atoms with Gasteiger partial charge >= 0.3 is 5.97 Å². The van der Waals surface area contributed by atoms with Gasteiger partial charge in [0.2, 0.25) is 0 Å². The first-order chi connectivity index (χ1) is 24.8. The Balaban J connectivity index is 2.82. The molecule has 54 heavy (non-hydrogen) atoms. The van der Waals surface area contributed by atoms with Crippen LogP contribution in [0.2, 0.25) is 36.3 Å². The molecule has 0 bridgehead atoms. The third-order valence-corrected chi connectivity index (χ3v) is 22.0. The molecular weight excluding hydrogens is 727 g/mol. The highest BCUT2D eigenvalue weighted by molar-refractivity contribution is 7.09. The highest BCUT2D eigenvalue weighted by Crippen LogP contribution is 2.45. The molecule has 0 radical (unpaired) electrons. The largest absolute Gasteiger partial charge is 0.457 e. The molecule has 306 valence electrons. The fourth-order valence-corrected chi connectivity index (χ4v) is 10.0. The van der Waals surface area contributed by atoms with Crippen LogP contribution in [0.25, 0.3) is 6.08 Å². The van der Waals surface area contributed by atoms with Crippen molar-refractivity contribution in [1.29, 1.82) is 0 Å². The van der Waals surface area contributed by atoms with Gasteiger partial charge in [-0.05, 0) is 106 Å². The number of allylic oxidation sites excluding steroid dienone is 1. The standard InChI is InChI=1S/C44H75NO6SSi2/c1-18-25-44(13)38(50-53(14,15)42(7,8)9)28-39(46)49-37(32(4)27-36-30-52-34(6)45-36)24-23-35(29-48-26-19-2)22-20-21-31(3)40(33(5)41(44)47)51-54(16,17)43(10,11)12/h18-19,23,27,30-31,33,37-38,40H,1-2,20-22,24-26,28-29H2,3-17H3/b32-27+,35-23+/t31-,33-,37-,38-,40+,44-/m0/s1. The second-order valence-corrected chi connectivity index (χ2v) is 29.5. The molecule has 0 amide bonds. The molecule has 6 atom stereocenters. The van der Waals surface area contributed by atoms with E-state index in [0.29, 0.717) is 26.1 Å². The van der Waals surface area contributed by atoms with Crippen molar-refractivity contribution in [2.45, 2.75) is 169 Å². The van der Waals surface area contributed by atoms with Gasteiger partial charge in [-0.2, -0.15) is 0 Å². The fourth-order valence-electron chi connectivity index (χ4n) is 6.57. The Hall–Kier alpha value is -1.96. The SMILES string of the molecule is C=CCOC/C1=C/C[C@@H](/C(C)=C/c2csc(C)n2)OC(=O)C[C@H](O[Si](C)(C)C(C)(C)C)[C@](C)(CC=C)C(=O)[C@@H](C)[C@H](O[Si](C)(C)C(C)(C)C)[C@@H](C)CCC1. The summed E-state index contributed by atoms with van der Waals surface area (Å²) >= 11 is 1.59. The maximum Gasteiger partial charge on any atom is 0.309 e. The Labute approximate surface area is 335 Å². The van der Waals surface area contributed by atoms with Crippen LogP contribution in [0, 0.1) is 24.2 Å². The van der Waals surface area contributed by atoms with E-state index in [1.54, 1.807) is 23.5 Å². The number of carbonyl (C=O) groups is 2. The zero-order valence-electron chi connectivity index (χ0n) is 36.6. The van der Waals surface area contributed by atoms with Crippen molar-refractivity contribution < 1.29 is 27.9 Å². The van der Waals surface area contributed by atoms with Gasteiger partial charge in [0.15, 0.2) is 16.6 Å². The first kappa shape index (κ1) is 48.2. The highest BCUT2D eigenvalue weighted by atomic mass is 32.1. The Morgan fingerprint density at radius 2 is 1.65 bits per heavy atom. The quantitative estimate of drug-likeness (QED) is 0.0900. The number of Topliss-reactive ketones (excluding diaryl/α,β-unsaturated/α-hetero) is 1. The maximum atomic E-state index is 15.3. The zero-order valence-corrected chi connectivity index (χ0v) is 39.5. The lowest BCUT2D eigenvalue weighted by Gasteiger charge is -2.47. The van der Waals surface area contributed by atoms with Gasteiger partial charge in [0.05, 0.1) is 48.0 Å². The summed E-state index contributed by atoms with van der Waals surface area (Å²) < 4.78 is 26.8. The molecular formula is C44H75NO6SSi2. The summed E-state index contributed by atoms with van der Waals surface area (Å²) in [5, 5.41) is 2.80. The van der Waals surface area contributed by atoms with Crippen molar-refractivity contribution in [2.75, 3.05) is 13.2 Å². The van der Waals surface area contributed by atoms with E-state index < -0.39 is 46.1 Å². The molecule has 0 saturated carbocycles. The van der Waals surface area contributed by atoms with Crippen LogP contribution in [0.15, 0.2) is 47.9 Å². The average molecular weight is 802 g/mol. The number of esters is 1.